The van der Waals surface area contributed by atoms with Gasteiger partial charge >= 0.3 is 0 Å². The zero-order chi connectivity index (χ0) is 19.2. The van der Waals surface area contributed by atoms with Crippen molar-refractivity contribution in [3.05, 3.63) is 29.3 Å². The highest BCUT2D eigenvalue weighted by atomic mass is 127. The highest BCUT2D eigenvalue weighted by Crippen LogP contribution is 2.21. The van der Waals surface area contributed by atoms with E-state index in [0.717, 1.165) is 16.9 Å². The number of halogens is 1. The number of hydrogen-bond donors (Lipinski definition) is 3. The van der Waals surface area contributed by atoms with Crippen LogP contribution in [-0.4, -0.2) is 51.3 Å². The number of hydrogen-bond acceptors (Lipinski definition) is 4. The zero-order valence-corrected chi connectivity index (χ0v) is 19.1. The summed E-state index contributed by atoms with van der Waals surface area (Å²) in [5.74, 6) is 1.35. The second-order valence-corrected chi connectivity index (χ2v) is 5.66. The summed E-state index contributed by atoms with van der Waals surface area (Å²) in [6.45, 7) is 11.6. The molecule has 0 bridgehead atoms. The second-order valence-electron chi connectivity index (χ2n) is 5.66. The Morgan fingerprint density at radius 1 is 1.07 bits per heavy atom. The van der Waals surface area contributed by atoms with Crippen LogP contribution in [0.4, 0.5) is 0 Å². The van der Waals surface area contributed by atoms with E-state index in [1.165, 1.54) is 0 Å². The third-order valence-corrected chi connectivity index (χ3v) is 3.45. The third-order valence-electron chi connectivity index (χ3n) is 3.45. The van der Waals surface area contributed by atoms with Gasteiger partial charge < -0.3 is 25.4 Å². The highest BCUT2D eigenvalue weighted by molar-refractivity contribution is 14.0. The molecule has 3 N–H and O–H groups in total. The minimum Gasteiger partial charge on any atom is -0.491 e. The molecule has 0 spiro atoms. The van der Waals surface area contributed by atoms with E-state index in [1.807, 2.05) is 45.9 Å². The van der Waals surface area contributed by atoms with Crippen LogP contribution in [0.1, 0.15) is 31.9 Å². The Morgan fingerprint density at radius 3 is 2.48 bits per heavy atom. The van der Waals surface area contributed by atoms with Crippen LogP contribution in [0.25, 0.3) is 0 Å². The van der Waals surface area contributed by atoms with Gasteiger partial charge in [-0.2, -0.15) is 0 Å². The molecular formula is C19H33IN4O3. The van der Waals surface area contributed by atoms with E-state index in [0.29, 0.717) is 45.4 Å². The minimum atomic E-state index is -0.0617. The maximum absolute atomic E-state index is 11.6. The van der Waals surface area contributed by atoms with Crippen LogP contribution in [0.2, 0.25) is 0 Å². The lowest BCUT2D eigenvalue weighted by Crippen LogP contribution is -2.43. The van der Waals surface area contributed by atoms with E-state index < -0.39 is 0 Å². The van der Waals surface area contributed by atoms with Gasteiger partial charge in [0.05, 0.1) is 19.7 Å². The molecule has 8 heteroatoms. The van der Waals surface area contributed by atoms with Crippen molar-refractivity contribution in [2.45, 2.75) is 34.2 Å². The van der Waals surface area contributed by atoms with Crippen molar-refractivity contribution < 1.29 is 14.3 Å². The van der Waals surface area contributed by atoms with Crippen molar-refractivity contribution >= 4 is 35.8 Å². The highest BCUT2D eigenvalue weighted by Gasteiger charge is 2.06. The van der Waals surface area contributed by atoms with E-state index in [-0.39, 0.29) is 36.4 Å². The lowest BCUT2D eigenvalue weighted by molar-refractivity contribution is -0.119. The molecule has 0 unspecified atom stereocenters. The SMILES string of the molecule is CCNC(=O)CNC(=NCc1ccc(C)cc1OCCOCC)NCC.I. The van der Waals surface area contributed by atoms with Crippen LogP contribution in [0.5, 0.6) is 5.75 Å². The summed E-state index contributed by atoms with van der Waals surface area (Å²) in [5.41, 5.74) is 2.12. The first-order valence-electron chi connectivity index (χ1n) is 9.19. The minimum absolute atomic E-state index is 0. The predicted molar refractivity (Wildman–Crippen MR) is 120 cm³/mol. The van der Waals surface area contributed by atoms with Crippen LogP contribution in [-0.2, 0) is 16.1 Å². The molecule has 1 aromatic carbocycles. The molecule has 0 aliphatic heterocycles. The molecule has 27 heavy (non-hydrogen) atoms. The Bertz CT molecular complexity index is 582. The molecule has 154 valence electrons. The van der Waals surface area contributed by atoms with Gasteiger partial charge in [0.25, 0.3) is 0 Å². The quantitative estimate of drug-likeness (QED) is 0.191. The van der Waals surface area contributed by atoms with Gasteiger partial charge in [-0.15, -0.1) is 24.0 Å². The fraction of sp³-hybridized carbons (Fsp3) is 0.579. The van der Waals surface area contributed by atoms with Crippen molar-refractivity contribution in [2.75, 3.05) is 39.5 Å². The summed E-state index contributed by atoms with van der Waals surface area (Å²) in [7, 11) is 0. The van der Waals surface area contributed by atoms with Gasteiger partial charge in [0.15, 0.2) is 5.96 Å². The first kappa shape index (κ1) is 25.4. The molecule has 1 rings (SSSR count). The molecule has 0 aliphatic rings. The van der Waals surface area contributed by atoms with Gasteiger partial charge in [0.1, 0.15) is 12.4 Å². The average Bonchev–Trinajstić information content (AvgIpc) is 2.62. The van der Waals surface area contributed by atoms with Crippen LogP contribution >= 0.6 is 24.0 Å². The average molecular weight is 492 g/mol. The van der Waals surface area contributed by atoms with Crippen molar-refractivity contribution in [1.82, 2.24) is 16.0 Å². The topological polar surface area (TPSA) is 84.0 Å². The smallest absolute Gasteiger partial charge is 0.239 e. The number of nitrogens with zero attached hydrogens (tertiary/aromatic N) is 1. The number of ether oxygens (including phenoxy) is 2. The number of guanidine groups is 1. The molecule has 1 amide bonds. The molecule has 0 atom stereocenters. The Labute approximate surface area is 179 Å². The fourth-order valence-corrected chi connectivity index (χ4v) is 2.21. The molecule has 0 saturated heterocycles. The molecule has 0 aromatic heterocycles. The fourth-order valence-electron chi connectivity index (χ4n) is 2.21. The summed E-state index contributed by atoms with van der Waals surface area (Å²) in [5, 5.41) is 8.92. The number of benzene rings is 1. The first-order valence-corrected chi connectivity index (χ1v) is 9.19. The summed E-state index contributed by atoms with van der Waals surface area (Å²) >= 11 is 0. The van der Waals surface area contributed by atoms with Crippen molar-refractivity contribution in [3.8, 4) is 5.75 Å². The molecule has 0 saturated carbocycles. The Morgan fingerprint density at radius 2 is 1.81 bits per heavy atom. The summed E-state index contributed by atoms with van der Waals surface area (Å²) in [6, 6.07) is 6.06. The van der Waals surface area contributed by atoms with Gasteiger partial charge in [-0.3, -0.25) is 4.79 Å². The van der Waals surface area contributed by atoms with E-state index in [1.54, 1.807) is 0 Å². The Hall–Kier alpha value is -1.55. The summed E-state index contributed by atoms with van der Waals surface area (Å²) in [6.07, 6.45) is 0. The largest absolute Gasteiger partial charge is 0.491 e. The van der Waals surface area contributed by atoms with Crippen LogP contribution in [0, 0.1) is 6.92 Å². The van der Waals surface area contributed by atoms with E-state index in [4.69, 9.17) is 9.47 Å². The van der Waals surface area contributed by atoms with Crippen LogP contribution in [0.3, 0.4) is 0 Å². The third kappa shape index (κ3) is 11.0. The molecule has 7 nitrogen and oxygen atoms in total. The Balaban J connectivity index is 0.00000676. The van der Waals surface area contributed by atoms with E-state index in [2.05, 4.69) is 20.9 Å². The predicted octanol–water partition coefficient (Wildman–Crippen LogP) is 2.22. The Kier molecular flexibility index (Phi) is 14.6. The summed E-state index contributed by atoms with van der Waals surface area (Å²) in [4.78, 5) is 16.2. The lowest BCUT2D eigenvalue weighted by atomic mass is 10.1. The van der Waals surface area contributed by atoms with Crippen LogP contribution in [0.15, 0.2) is 23.2 Å². The van der Waals surface area contributed by atoms with Crippen molar-refractivity contribution in [3.63, 3.8) is 0 Å². The van der Waals surface area contributed by atoms with Gasteiger partial charge in [-0.05, 0) is 39.3 Å². The lowest BCUT2D eigenvalue weighted by Gasteiger charge is -2.13. The van der Waals surface area contributed by atoms with Crippen LogP contribution < -0.4 is 20.7 Å². The van der Waals surface area contributed by atoms with Crippen molar-refractivity contribution in [1.29, 1.82) is 0 Å². The van der Waals surface area contributed by atoms with E-state index >= 15 is 0 Å². The number of aryl methyl sites for hydroxylation is 1. The number of likely N-dealkylation sites (N-methyl/N-ethyl adjacent to an activating group) is 1. The van der Waals surface area contributed by atoms with Gasteiger partial charge in [0.2, 0.25) is 5.91 Å². The molecule has 0 fully saturated rings. The molecule has 0 radical (unpaired) electrons. The van der Waals surface area contributed by atoms with Gasteiger partial charge in [-0.1, -0.05) is 12.1 Å². The monoisotopic (exact) mass is 492 g/mol. The van der Waals surface area contributed by atoms with E-state index in [9.17, 15) is 4.79 Å². The number of carbonyl (C=O) groups excluding carboxylic acids is 1. The molecule has 1 aromatic rings. The second kappa shape index (κ2) is 15.5. The standard InChI is InChI=1S/C19H32N4O3.HI/c1-5-20-18(24)14-23-19(21-6-2)22-13-16-9-8-15(4)12-17(16)26-11-10-25-7-3;/h8-9,12H,5-7,10-11,13-14H2,1-4H3,(H,20,24)(H2,21,22,23);1H. The molecular weight excluding hydrogens is 459 g/mol. The number of rotatable bonds is 11. The van der Waals surface area contributed by atoms with Crippen molar-refractivity contribution in [2.24, 2.45) is 4.99 Å². The first-order chi connectivity index (χ1) is 12.6. The maximum atomic E-state index is 11.6. The number of amides is 1. The number of aliphatic imine (C=N–C) groups is 1. The number of nitrogens with one attached hydrogen (secondary N) is 3. The summed E-state index contributed by atoms with van der Waals surface area (Å²) < 4.78 is 11.2. The van der Waals surface area contributed by atoms with Gasteiger partial charge in [0, 0.05) is 25.3 Å². The maximum Gasteiger partial charge on any atom is 0.239 e. The normalized spacial score (nSPS) is 10.7. The van der Waals surface area contributed by atoms with Gasteiger partial charge in [-0.25, -0.2) is 4.99 Å². The zero-order valence-electron chi connectivity index (χ0n) is 16.8. The molecule has 0 aliphatic carbocycles. The molecule has 0 heterocycles. The number of carbonyl (C=O) groups is 1.